The van der Waals surface area contributed by atoms with E-state index in [0.29, 0.717) is 12.5 Å². The molecule has 21 heavy (non-hydrogen) atoms. The summed E-state index contributed by atoms with van der Waals surface area (Å²) >= 11 is 0. The molecule has 0 saturated carbocycles. The molecular weight excluding hydrogens is 262 g/mol. The van der Waals surface area contributed by atoms with Crippen LogP contribution in [0.25, 0.3) is 0 Å². The van der Waals surface area contributed by atoms with E-state index in [2.05, 4.69) is 31.3 Å². The number of nitrogens with one attached hydrogen (secondary N) is 1. The van der Waals surface area contributed by atoms with Crippen molar-refractivity contribution in [2.45, 2.75) is 19.8 Å². The Labute approximate surface area is 126 Å². The molecule has 0 aliphatic heterocycles. The van der Waals surface area contributed by atoms with Gasteiger partial charge in [-0.2, -0.15) is 0 Å². The van der Waals surface area contributed by atoms with Gasteiger partial charge >= 0.3 is 0 Å². The predicted molar refractivity (Wildman–Crippen MR) is 87.5 cm³/mol. The van der Waals surface area contributed by atoms with Gasteiger partial charge in [-0.3, -0.25) is 0 Å². The lowest BCUT2D eigenvalue weighted by Crippen LogP contribution is -2.12. The zero-order valence-corrected chi connectivity index (χ0v) is 12.9. The van der Waals surface area contributed by atoms with Crippen molar-refractivity contribution in [1.82, 2.24) is 0 Å². The average Bonchev–Trinajstić information content (AvgIpc) is 2.52. The van der Waals surface area contributed by atoms with Gasteiger partial charge in [0.15, 0.2) is 0 Å². The minimum absolute atomic E-state index is 0.468. The molecule has 0 amide bonds. The van der Waals surface area contributed by atoms with Crippen molar-refractivity contribution in [3.05, 3.63) is 54.1 Å². The largest absolute Gasteiger partial charge is 0.497 e. The van der Waals surface area contributed by atoms with E-state index in [-0.39, 0.29) is 0 Å². The van der Waals surface area contributed by atoms with Gasteiger partial charge in [-0.05, 0) is 41.8 Å². The van der Waals surface area contributed by atoms with Crippen LogP contribution in [0.2, 0.25) is 0 Å². The van der Waals surface area contributed by atoms with Gasteiger partial charge < -0.3 is 14.8 Å². The quantitative estimate of drug-likeness (QED) is 0.769. The van der Waals surface area contributed by atoms with E-state index in [1.54, 1.807) is 7.11 Å². The molecule has 2 aromatic rings. The smallest absolute Gasteiger partial charge is 0.122 e. The highest BCUT2D eigenvalue weighted by Gasteiger charge is 2.06. The predicted octanol–water partition coefficient (Wildman–Crippen LogP) is 4.31. The van der Waals surface area contributed by atoms with Crippen LogP contribution in [0.1, 0.15) is 25.3 Å². The normalized spacial score (nSPS) is 10.5. The summed E-state index contributed by atoms with van der Waals surface area (Å²) in [5.74, 6) is 2.31. The Bertz CT molecular complexity index is 549. The molecule has 1 N–H and O–H groups in total. The molecule has 0 aliphatic carbocycles. The first-order chi connectivity index (χ1) is 10.2. The van der Waals surface area contributed by atoms with Gasteiger partial charge in [-0.25, -0.2) is 0 Å². The van der Waals surface area contributed by atoms with Crippen molar-refractivity contribution in [2.24, 2.45) is 0 Å². The average molecular weight is 285 g/mol. The first kappa shape index (κ1) is 15.2. The van der Waals surface area contributed by atoms with Crippen LogP contribution in [-0.2, 0) is 0 Å². The highest BCUT2D eigenvalue weighted by Crippen LogP contribution is 2.25. The van der Waals surface area contributed by atoms with E-state index in [1.807, 2.05) is 36.4 Å². The van der Waals surface area contributed by atoms with Crippen molar-refractivity contribution in [2.75, 3.05) is 25.6 Å². The van der Waals surface area contributed by atoms with E-state index in [4.69, 9.17) is 9.47 Å². The SMILES string of the molecule is COc1ccc(NCCOc2ccccc2C(C)C)cc1. The highest BCUT2D eigenvalue weighted by molar-refractivity contribution is 5.46. The Kier molecular flexibility index (Phi) is 5.50. The van der Waals surface area contributed by atoms with Gasteiger partial charge in [0.1, 0.15) is 18.1 Å². The second-order valence-electron chi connectivity index (χ2n) is 5.20. The van der Waals surface area contributed by atoms with Crippen molar-refractivity contribution in [3.8, 4) is 11.5 Å². The zero-order valence-electron chi connectivity index (χ0n) is 12.9. The molecule has 0 saturated heterocycles. The third-order valence-electron chi connectivity index (χ3n) is 3.32. The molecule has 0 aliphatic rings. The number of methoxy groups -OCH3 is 1. The third-order valence-corrected chi connectivity index (χ3v) is 3.32. The van der Waals surface area contributed by atoms with Gasteiger partial charge in [0, 0.05) is 12.2 Å². The highest BCUT2D eigenvalue weighted by atomic mass is 16.5. The fraction of sp³-hybridized carbons (Fsp3) is 0.333. The first-order valence-corrected chi connectivity index (χ1v) is 7.30. The van der Waals surface area contributed by atoms with Crippen LogP contribution >= 0.6 is 0 Å². The van der Waals surface area contributed by atoms with Crippen LogP contribution in [0, 0.1) is 0 Å². The fourth-order valence-electron chi connectivity index (χ4n) is 2.15. The number of benzene rings is 2. The fourth-order valence-corrected chi connectivity index (χ4v) is 2.15. The summed E-state index contributed by atoms with van der Waals surface area (Å²) < 4.78 is 11.0. The maximum Gasteiger partial charge on any atom is 0.122 e. The van der Waals surface area contributed by atoms with Crippen molar-refractivity contribution in [1.29, 1.82) is 0 Å². The number of rotatable bonds is 7. The van der Waals surface area contributed by atoms with E-state index < -0.39 is 0 Å². The number of ether oxygens (including phenoxy) is 2. The zero-order chi connectivity index (χ0) is 15.1. The second-order valence-corrected chi connectivity index (χ2v) is 5.20. The van der Waals surface area contributed by atoms with Crippen LogP contribution in [0.3, 0.4) is 0 Å². The first-order valence-electron chi connectivity index (χ1n) is 7.30. The molecule has 3 nitrogen and oxygen atoms in total. The van der Waals surface area contributed by atoms with Gasteiger partial charge in [-0.1, -0.05) is 32.0 Å². The standard InChI is InChI=1S/C18H23NO2/c1-14(2)17-6-4-5-7-18(17)21-13-12-19-15-8-10-16(20-3)11-9-15/h4-11,14,19H,12-13H2,1-3H3. The molecule has 2 aromatic carbocycles. The molecule has 0 bridgehead atoms. The van der Waals surface area contributed by atoms with Gasteiger partial charge in [0.05, 0.1) is 7.11 Å². The molecule has 0 fully saturated rings. The molecule has 0 atom stereocenters. The van der Waals surface area contributed by atoms with Crippen molar-refractivity contribution < 1.29 is 9.47 Å². The maximum atomic E-state index is 5.88. The molecule has 112 valence electrons. The summed E-state index contributed by atoms with van der Waals surface area (Å²) in [4.78, 5) is 0. The van der Waals surface area contributed by atoms with E-state index in [0.717, 1.165) is 23.7 Å². The van der Waals surface area contributed by atoms with Crippen molar-refractivity contribution >= 4 is 5.69 Å². The number of hydrogen-bond donors (Lipinski definition) is 1. The molecule has 0 unspecified atom stereocenters. The third kappa shape index (κ3) is 4.42. The second kappa shape index (κ2) is 7.58. The van der Waals surface area contributed by atoms with Crippen LogP contribution in [-0.4, -0.2) is 20.3 Å². The van der Waals surface area contributed by atoms with Gasteiger partial charge in [0.2, 0.25) is 0 Å². The molecule has 2 rings (SSSR count). The summed E-state index contributed by atoms with van der Waals surface area (Å²) in [6.07, 6.45) is 0. The van der Waals surface area contributed by atoms with E-state index in [1.165, 1.54) is 5.56 Å². The lowest BCUT2D eigenvalue weighted by atomic mass is 10.0. The van der Waals surface area contributed by atoms with Crippen LogP contribution < -0.4 is 14.8 Å². The van der Waals surface area contributed by atoms with Crippen LogP contribution in [0.15, 0.2) is 48.5 Å². The Morgan fingerprint density at radius 2 is 1.71 bits per heavy atom. The summed E-state index contributed by atoms with van der Waals surface area (Å²) in [5.41, 5.74) is 2.32. The molecule has 0 heterocycles. The van der Waals surface area contributed by atoms with Crippen molar-refractivity contribution in [3.63, 3.8) is 0 Å². The lowest BCUT2D eigenvalue weighted by Gasteiger charge is -2.14. The Morgan fingerprint density at radius 1 is 1.00 bits per heavy atom. The molecule has 0 aromatic heterocycles. The summed E-state index contributed by atoms with van der Waals surface area (Å²) in [6.45, 7) is 5.75. The van der Waals surface area contributed by atoms with Crippen LogP contribution in [0.4, 0.5) is 5.69 Å². The monoisotopic (exact) mass is 285 g/mol. The summed E-state index contributed by atoms with van der Waals surface area (Å²) in [7, 11) is 1.67. The van der Waals surface area contributed by atoms with E-state index >= 15 is 0 Å². The molecule has 0 spiro atoms. The minimum atomic E-state index is 0.468. The van der Waals surface area contributed by atoms with E-state index in [9.17, 15) is 0 Å². The minimum Gasteiger partial charge on any atom is -0.497 e. The number of anilines is 1. The molecule has 0 radical (unpaired) electrons. The number of hydrogen-bond acceptors (Lipinski definition) is 3. The molecular formula is C18H23NO2. The Hall–Kier alpha value is -2.16. The van der Waals surface area contributed by atoms with Crippen LogP contribution in [0.5, 0.6) is 11.5 Å². The molecule has 3 heteroatoms. The van der Waals surface area contributed by atoms with Gasteiger partial charge in [-0.15, -0.1) is 0 Å². The Morgan fingerprint density at radius 3 is 2.38 bits per heavy atom. The Balaban J connectivity index is 1.82. The van der Waals surface area contributed by atoms with Gasteiger partial charge in [0.25, 0.3) is 0 Å². The summed E-state index contributed by atoms with van der Waals surface area (Å²) in [6, 6.07) is 16.1. The lowest BCUT2D eigenvalue weighted by molar-refractivity contribution is 0.328. The summed E-state index contributed by atoms with van der Waals surface area (Å²) in [5, 5.41) is 3.33. The number of para-hydroxylation sites is 1. The maximum absolute atomic E-state index is 5.88. The topological polar surface area (TPSA) is 30.5 Å².